The van der Waals surface area contributed by atoms with Gasteiger partial charge in [0.2, 0.25) is 0 Å². The van der Waals surface area contributed by atoms with Crippen LogP contribution in [0, 0.1) is 11.8 Å². The molecule has 1 aromatic rings. The molecule has 2 amide bonds. The van der Waals surface area contributed by atoms with Gasteiger partial charge in [0.05, 0.1) is 0 Å². The van der Waals surface area contributed by atoms with Crippen LogP contribution in [-0.2, 0) is 6.54 Å². The zero-order chi connectivity index (χ0) is 16.9. The van der Waals surface area contributed by atoms with Crippen molar-refractivity contribution in [1.29, 1.82) is 0 Å². The molecule has 0 bridgehead atoms. The van der Waals surface area contributed by atoms with Gasteiger partial charge in [-0.25, -0.2) is 9.78 Å². The first-order valence-electron chi connectivity index (χ1n) is 8.99. The van der Waals surface area contributed by atoms with Gasteiger partial charge in [0.1, 0.15) is 5.82 Å². The maximum Gasteiger partial charge on any atom is 0.317 e. The van der Waals surface area contributed by atoms with Crippen molar-refractivity contribution in [1.82, 2.24) is 15.2 Å². The Hall–Kier alpha value is -1.82. The number of likely N-dealkylation sites (tertiary alicyclic amines) is 1. The molecule has 1 aromatic heterocycles. The zero-order valence-electron chi connectivity index (χ0n) is 14.4. The third kappa shape index (κ3) is 4.17. The number of amides is 2. The predicted octanol–water partition coefficient (Wildman–Crippen LogP) is 1.84. The van der Waals surface area contributed by atoms with E-state index < -0.39 is 0 Å². The summed E-state index contributed by atoms with van der Waals surface area (Å²) in [6.45, 7) is 6.47. The number of urea groups is 1. The second-order valence-corrected chi connectivity index (χ2v) is 7.14. The molecule has 1 atom stereocenters. The van der Waals surface area contributed by atoms with E-state index in [1.807, 2.05) is 12.3 Å². The quantitative estimate of drug-likeness (QED) is 0.883. The van der Waals surface area contributed by atoms with Crippen molar-refractivity contribution in [2.24, 2.45) is 11.8 Å². The van der Waals surface area contributed by atoms with Crippen molar-refractivity contribution >= 4 is 11.8 Å². The summed E-state index contributed by atoms with van der Waals surface area (Å²) < 4.78 is 0. The minimum absolute atomic E-state index is 0.0555. The van der Waals surface area contributed by atoms with Crippen molar-refractivity contribution in [3.8, 4) is 0 Å². The Balaban J connectivity index is 1.47. The highest BCUT2D eigenvalue weighted by molar-refractivity contribution is 5.74. The van der Waals surface area contributed by atoms with Crippen LogP contribution in [0.25, 0.3) is 0 Å². The summed E-state index contributed by atoms with van der Waals surface area (Å²) in [6.07, 6.45) is 5.19. The fraction of sp³-hybridized carbons (Fsp3) is 0.667. The number of hydrogen-bond acceptors (Lipinski definition) is 4. The average Bonchev–Trinajstić information content (AvgIpc) is 3.10. The lowest BCUT2D eigenvalue weighted by atomic mass is 9.99. The topological polar surface area (TPSA) is 68.7 Å². The van der Waals surface area contributed by atoms with E-state index >= 15 is 0 Å². The smallest absolute Gasteiger partial charge is 0.317 e. The Morgan fingerprint density at radius 3 is 2.71 bits per heavy atom. The van der Waals surface area contributed by atoms with Gasteiger partial charge >= 0.3 is 6.03 Å². The van der Waals surface area contributed by atoms with Gasteiger partial charge in [-0.05, 0) is 36.8 Å². The van der Waals surface area contributed by atoms with Crippen LogP contribution in [0.1, 0.15) is 31.7 Å². The number of anilines is 1. The summed E-state index contributed by atoms with van der Waals surface area (Å²) in [5.41, 5.74) is 1.01. The molecule has 0 saturated carbocycles. The monoisotopic (exact) mass is 332 g/mol. The van der Waals surface area contributed by atoms with E-state index in [2.05, 4.69) is 28.2 Å². The number of nitrogens with one attached hydrogen (secondary N) is 1. The molecule has 2 fully saturated rings. The Kier molecular flexibility index (Phi) is 5.56. The number of piperidine rings is 1. The first-order chi connectivity index (χ1) is 11.7. The lowest BCUT2D eigenvalue weighted by molar-refractivity contribution is 0.198. The molecule has 132 valence electrons. The molecule has 0 radical (unpaired) electrons. The third-order valence-electron chi connectivity index (χ3n) is 5.19. The Morgan fingerprint density at radius 1 is 1.29 bits per heavy atom. The summed E-state index contributed by atoms with van der Waals surface area (Å²) in [5, 5.41) is 12.1. The molecular formula is C18H28N4O2. The number of carbonyl (C=O) groups excluding carboxylic acids is 1. The number of pyridine rings is 1. The Morgan fingerprint density at radius 2 is 2.08 bits per heavy atom. The normalized spacial score (nSPS) is 22.0. The number of rotatable bonds is 4. The van der Waals surface area contributed by atoms with Crippen LogP contribution in [0.2, 0.25) is 0 Å². The number of hydrogen-bond donors (Lipinski definition) is 2. The zero-order valence-corrected chi connectivity index (χ0v) is 14.4. The molecule has 24 heavy (non-hydrogen) atoms. The predicted molar refractivity (Wildman–Crippen MR) is 93.8 cm³/mol. The number of nitrogens with zero attached hydrogens (tertiary/aromatic N) is 3. The van der Waals surface area contributed by atoms with Crippen molar-refractivity contribution in [2.45, 2.75) is 32.7 Å². The molecule has 0 aliphatic carbocycles. The van der Waals surface area contributed by atoms with E-state index in [1.165, 1.54) is 12.8 Å². The molecule has 2 saturated heterocycles. The molecule has 2 N–H and O–H groups in total. The molecular weight excluding hydrogens is 304 g/mol. The van der Waals surface area contributed by atoms with E-state index in [1.54, 1.807) is 4.90 Å². The van der Waals surface area contributed by atoms with Gasteiger partial charge in [0, 0.05) is 51.4 Å². The fourth-order valence-electron chi connectivity index (χ4n) is 3.40. The minimum atomic E-state index is -0.0555. The third-order valence-corrected chi connectivity index (χ3v) is 5.19. The molecule has 6 heteroatoms. The van der Waals surface area contributed by atoms with Crippen LogP contribution < -0.4 is 10.2 Å². The SMILES string of the molecule is CC1CCN(c2ccc(CNC(=O)N3CCC(CO)C3)cn2)CC1. The van der Waals surface area contributed by atoms with Crippen LogP contribution >= 0.6 is 0 Å². The van der Waals surface area contributed by atoms with Gasteiger partial charge in [0.15, 0.2) is 0 Å². The van der Waals surface area contributed by atoms with E-state index in [9.17, 15) is 4.79 Å². The van der Waals surface area contributed by atoms with E-state index in [-0.39, 0.29) is 18.6 Å². The highest BCUT2D eigenvalue weighted by Crippen LogP contribution is 2.21. The van der Waals surface area contributed by atoms with Gasteiger partial charge in [0.25, 0.3) is 0 Å². The highest BCUT2D eigenvalue weighted by atomic mass is 16.3. The maximum absolute atomic E-state index is 12.1. The molecule has 1 unspecified atom stereocenters. The number of aliphatic hydroxyl groups excluding tert-OH is 1. The fourth-order valence-corrected chi connectivity index (χ4v) is 3.40. The van der Waals surface area contributed by atoms with Gasteiger partial charge in [-0.2, -0.15) is 0 Å². The van der Waals surface area contributed by atoms with Crippen LogP contribution in [0.15, 0.2) is 18.3 Å². The van der Waals surface area contributed by atoms with Gasteiger partial charge in [-0.3, -0.25) is 0 Å². The van der Waals surface area contributed by atoms with Gasteiger partial charge in [-0.15, -0.1) is 0 Å². The van der Waals surface area contributed by atoms with Crippen LogP contribution in [-0.4, -0.2) is 53.8 Å². The van der Waals surface area contributed by atoms with Crippen molar-refractivity contribution < 1.29 is 9.90 Å². The lowest BCUT2D eigenvalue weighted by Crippen LogP contribution is -2.38. The first kappa shape index (κ1) is 17.0. The van der Waals surface area contributed by atoms with E-state index in [0.717, 1.165) is 43.4 Å². The van der Waals surface area contributed by atoms with Gasteiger partial charge < -0.3 is 20.2 Å². The van der Waals surface area contributed by atoms with Crippen LogP contribution in [0.4, 0.5) is 10.6 Å². The number of aromatic nitrogens is 1. The summed E-state index contributed by atoms with van der Waals surface area (Å²) in [5.74, 6) is 2.07. The summed E-state index contributed by atoms with van der Waals surface area (Å²) in [6, 6.07) is 4.04. The molecule has 0 spiro atoms. The van der Waals surface area contributed by atoms with Gasteiger partial charge in [-0.1, -0.05) is 13.0 Å². The molecule has 0 aromatic carbocycles. The second kappa shape index (κ2) is 7.83. The number of carbonyl (C=O) groups is 1. The second-order valence-electron chi connectivity index (χ2n) is 7.14. The molecule has 3 heterocycles. The molecule has 3 rings (SSSR count). The van der Waals surface area contributed by atoms with Crippen molar-refractivity contribution in [3.05, 3.63) is 23.9 Å². The lowest BCUT2D eigenvalue weighted by Gasteiger charge is -2.31. The van der Waals surface area contributed by atoms with Crippen LogP contribution in [0.5, 0.6) is 0 Å². The molecule has 2 aliphatic rings. The van der Waals surface area contributed by atoms with E-state index in [0.29, 0.717) is 13.1 Å². The van der Waals surface area contributed by atoms with E-state index in [4.69, 9.17) is 5.11 Å². The maximum atomic E-state index is 12.1. The largest absolute Gasteiger partial charge is 0.396 e. The average molecular weight is 332 g/mol. The first-order valence-corrected chi connectivity index (χ1v) is 8.99. The summed E-state index contributed by atoms with van der Waals surface area (Å²) >= 11 is 0. The molecule has 6 nitrogen and oxygen atoms in total. The molecule has 2 aliphatic heterocycles. The van der Waals surface area contributed by atoms with Crippen LogP contribution in [0.3, 0.4) is 0 Å². The summed E-state index contributed by atoms with van der Waals surface area (Å²) in [7, 11) is 0. The van der Waals surface area contributed by atoms with Crippen molar-refractivity contribution in [2.75, 3.05) is 37.7 Å². The standard InChI is InChI=1S/C18H28N4O2/c1-14-4-7-21(8-5-14)17-3-2-15(10-19-17)11-20-18(24)22-9-6-16(12-22)13-23/h2-3,10,14,16,23H,4-9,11-13H2,1H3,(H,20,24). The number of aliphatic hydroxyl groups is 1. The van der Waals surface area contributed by atoms with Crippen molar-refractivity contribution in [3.63, 3.8) is 0 Å². The Labute approximate surface area is 143 Å². The summed E-state index contributed by atoms with van der Waals surface area (Å²) in [4.78, 5) is 20.8. The highest BCUT2D eigenvalue weighted by Gasteiger charge is 2.25. The minimum Gasteiger partial charge on any atom is -0.396 e. The Bertz CT molecular complexity index is 540.